The molecule has 0 spiro atoms. The molecule has 0 radical (unpaired) electrons. The quantitative estimate of drug-likeness (QED) is 0.0299. The second-order valence-electron chi connectivity index (χ2n) is 13.0. The number of carbonyl (C=O) groups excluding carboxylic acids is 2. The summed E-state index contributed by atoms with van der Waals surface area (Å²) in [5, 5.41) is 0. The van der Waals surface area contributed by atoms with Crippen LogP contribution in [-0.4, -0.2) is 30.5 Å². The van der Waals surface area contributed by atoms with E-state index in [1.807, 2.05) is 0 Å². The van der Waals surface area contributed by atoms with Crippen LogP contribution >= 0.6 is 11.6 Å². The highest BCUT2D eigenvalue weighted by molar-refractivity contribution is 6.18. The molecule has 0 N–H and O–H groups in total. The molecule has 0 aromatic heterocycles. The number of halogens is 1. The van der Waals surface area contributed by atoms with E-state index in [1.165, 1.54) is 141 Å². The number of rotatable bonds is 35. The van der Waals surface area contributed by atoms with Crippen molar-refractivity contribution in [1.29, 1.82) is 0 Å². The summed E-state index contributed by atoms with van der Waals surface area (Å²) in [6.07, 6.45) is 40.5. The molecule has 0 heterocycles. The number of alkyl halides is 1. The molecule has 0 aliphatic rings. The lowest BCUT2D eigenvalue weighted by Gasteiger charge is -2.15. The predicted octanol–water partition coefficient (Wildman–Crippen LogP) is 13.0. The molecule has 0 bridgehead atoms. The molecule has 260 valence electrons. The van der Waals surface area contributed by atoms with Crippen LogP contribution in [-0.2, 0) is 19.1 Å². The highest BCUT2D eigenvalue weighted by Gasteiger charge is 2.16. The molecule has 0 aromatic rings. The third-order valence-electron chi connectivity index (χ3n) is 8.53. The van der Waals surface area contributed by atoms with Gasteiger partial charge >= 0.3 is 11.9 Å². The summed E-state index contributed by atoms with van der Waals surface area (Å²) < 4.78 is 10.8. The summed E-state index contributed by atoms with van der Waals surface area (Å²) in [5.41, 5.74) is 0. The van der Waals surface area contributed by atoms with Crippen molar-refractivity contribution >= 4 is 23.5 Å². The molecule has 0 rings (SSSR count). The first-order valence-corrected chi connectivity index (χ1v) is 19.7. The number of carbonyl (C=O) groups is 2. The van der Waals surface area contributed by atoms with Crippen LogP contribution in [0.15, 0.2) is 12.2 Å². The number of unbranched alkanes of at least 4 members (excludes halogenated alkanes) is 25. The van der Waals surface area contributed by atoms with E-state index in [0.717, 1.165) is 38.5 Å². The van der Waals surface area contributed by atoms with E-state index in [1.54, 1.807) is 0 Å². The van der Waals surface area contributed by atoms with Gasteiger partial charge in [-0.25, -0.2) is 0 Å². The Morgan fingerprint density at radius 1 is 0.500 bits per heavy atom. The van der Waals surface area contributed by atoms with E-state index in [4.69, 9.17) is 21.1 Å². The van der Waals surface area contributed by atoms with Gasteiger partial charge in [-0.1, -0.05) is 167 Å². The Labute approximate surface area is 279 Å². The molecule has 4 nitrogen and oxygen atoms in total. The van der Waals surface area contributed by atoms with E-state index >= 15 is 0 Å². The number of ether oxygens (including phenoxy) is 2. The Balaban J connectivity index is 3.53. The largest absolute Gasteiger partial charge is 0.462 e. The summed E-state index contributed by atoms with van der Waals surface area (Å²) in [6, 6.07) is 0. The van der Waals surface area contributed by atoms with Gasteiger partial charge in [0.2, 0.25) is 0 Å². The van der Waals surface area contributed by atoms with Gasteiger partial charge in [-0.2, -0.15) is 0 Å². The van der Waals surface area contributed by atoms with Gasteiger partial charge in [-0.3, -0.25) is 9.59 Å². The van der Waals surface area contributed by atoms with Crippen LogP contribution in [0.2, 0.25) is 0 Å². The maximum absolute atomic E-state index is 12.2. The Kier molecular flexibility index (Phi) is 35.6. The normalized spacial score (nSPS) is 12.2. The number of esters is 2. The van der Waals surface area contributed by atoms with Gasteiger partial charge in [0.05, 0.1) is 5.88 Å². The Morgan fingerprint density at radius 3 is 1.23 bits per heavy atom. The van der Waals surface area contributed by atoms with Gasteiger partial charge in [0.1, 0.15) is 12.7 Å². The number of allylic oxidation sites excluding steroid dienone is 2. The summed E-state index contributed by atoms with van der Waals surface area (Å²) >= 11 is 5.97. The average molecular weight is 641 g/mol. The molecule has 0 saturated heterocycles. The monoisotopic (exact) mass is 641 g/mol. The van der Waals surface area contributed by atoms with Crippen molar-refractivity contribution in [2.24, 2.45) is 0 Å². The summed E-state index contributed by atoms with van der Waals surface area (Å²) in [5.74, 6) is -0.319. The van der Waals surface area contributed by atoms with Crippen molar-refractivity contribution in [1.82, 2.24) is 0 Å². The second kappa shape index (κ2) is 36.4. The van der Waals surface area contributed by atoms with E-state index < -0.39 is 6.10 Å². The minimum absolute atomic E-state index is 0.0536. The molecule has 1 unspecified atom stereocenters. The topological polar surface area (TPSA) is 52.6 Å². The lowest BCUT2D eigenvalue weighted by Crippen LogP contribution is -2.26. The lowest BCUT2D eigenvalue weighted by atomic mass is 10.0. The zero-order chi connectivity index (χ0) is 32.2. The third kappa shape index (κ3) is 33.9. The van der Waals surface area contributed by atoms with Crippen LogP contribution in [0.3, 0.4) is 0 Å². The minimum atomic E-state index is -0.557. The van der Waals surface area contributed by atoms with E-state index in [2.05, 4.69) is 26.0 Å². The Hall–Kier alpha value is -1.03. The van der Waals surface area contributed by atoms with Gasteiger partial charge in [-0.15, -0.1) is 11.6 Å². The van der Waals surface area contributed by atoms with Crippen LogP contribution < -0.4 is 0 Å². The smallest absolute Gasteiger partial charge is 0.306 e. The van der Waals surface area contributed by atoms with Crippen LogP contribution in [0.5, 0.6) is 0 Å². The third-order valence-corrected chi connectivity index (χ3v) is 8.87. The zero-order valence-electron chi connectivity index (χ0n) is 29.4. The summed E-state index contributed by atoms with van der Waals surface area (Å²) in [4.78, 5) is 24.3. The van der Waals surface area contributed by atoms with Crippen molar-refractivity contribution < 1.29 is 19.1 Å². The van der Waals surface area contributed by atoms with Gasteiger partial charge in [0, 0.05) is 12.8 Å². The maximum atomic E-state index is 12.2. The second-order valence-corrected chi connectivity index (χ2v) is 13.3. The lowest BCUT2D eigenvalue weighted by molar-refractivity contribution is -0.157. The van der Waals surface area contributed by atoms with Crippen LogP contribution in [0, 0.1) is 0 Å². The fraction of sp³-hybridized carbons (Fsp3) is 0.897. The van der Waals surface area contributed by atoms with Gasteiger partial charge in [0.25, 0.3) is 0 Å². The first kappa shape index (κ1) is 43.0. The van der Waals surface area contributed by atoms with Gasteiger partial charge in [-0.05, 0) is 38.5 Å². The molecule has 0 fully saturated rings. The Bertz CT molecular complexity index is 636. The predicted molar refractivity (Wildman–Crippen MR) is 191 cm³/mol. The SMILES string of the molecule is CCCCCCCC/C=C\CCCCCCCC(=O)OCC(CCl)OC(=O)CCCCCCCCCCCCCCCCC. The van der Waals surface area contributed by atoms with E-state index in [0.29, 0.717) is 12.8 Å². The standard InChI is InChI=1S/C39H73ClO4/c1-3-5-7-9-11-13-15-17-19-21-23-25-27-29-31-33-38(41)43-36-37(35-40)44-39(42)34-32-30-28-26-24-22-20-18-16-14-12-10-8-6-4-2/h17,19,37H,3-16,18,20-36H2,1-2H3/b19-17-. The summed E-state index contributed by atoms with van der Waals surface area (Å²) in [6.45, 7) is 4.59. The van der Waals surface area contributed by atoms with Crippen LogP contribution in [0.4, 0.5) is 0 Å². The minimum Gasteiger partial charge on any atom is -0.462 e. The van der Waals surface area contributed by atoms with Crippen molar-refractivity contribution in [2.75, 3.05) is 12.5 Å². The van der Waals surface area contributed by atoms with Crippen molar-refractivity contribution in [2.45, 2.75) is 213 Å². The average Bonchev–Trinajstić information content (AvgIpc) is 3.02. The molecule has 0 aliphatic carbocycles. The number of hydrogen-bond donors (Lipinski definition) is 0. The van der Waals surface area contributed by atoms with Crippen molar-refractivity contribution in [3.8, 4) is 0 Å². The van der Waals surface area contributed by atoms with Crippen molar-refractivity contribution in [3.63, 3.8) is 0 Å². The summed E-state index contributed by atoms with van der Waals surface area (Å²) in [7, 11) is 0. The van der Waals surface area contributed by atoms with E-state index in [9.17, 15) is 9.59 Å². The fourth-order valence-electron chi connectivity index (χ4n) is 5.59. The van der Waals surface area contributed by atoms with Gasteiger partial charge in [0.15, 0.2) is 0 Å². The Morgan fingerprint density at radius 2 is 0.841 bits per heavy atom. The molecule has 1 atom stereocenters. The molecule has 44 heavy (non-hydrogen) atoms. The fourth-order valence-corrected chi connectivity index (χ4v) is 5.75. The maximum Gasteiger partial charge on any atom is 0.306 e. The molecule has 0 aliphatic heterocycles. The first-order valence-electron chi connectivity index (χ1n) is 19.2. The van der Waals surface area contributed by atoms with Gasteiger partial charge < -0.3 is 9.47 Å². The highest BCUT2D eigenvalue weighted by atomic mass is 35.5. The molecular weight excluding hydrogens is 568 g/mol. The molecule has 0 saturated carbocycles. The molecule has 0 amide bonds. The zero-order valence-corrected chi connectivity index (χ0v) is 30.1. The molecular formula is C39H73ClO4. The van der Waals surface area contributed by atoms with Crippen LogP contribution in [0.25, 0.3) is 0 Å². The van der Waals surface area contributed by atoms with Crippen LogP contribution in [0.1, 0.15) is 206 Å². The van der Waals surface area contributed by atoms with Crippen molar-refractivity contribution in [3.05, 3.63) is 12.2 Å². The number of hydrogen-bond acceptors (Lipinski definition) is 4. The van der Waals surface area contributed by atoms with E-state index in [-0.39, 0.29) is 24.4 Å². The first-order chi connectivity index (χ1) is 21.6. The molecule has 5 heteroatoms. The highest BCUT2D eigenvalue weighted by Crippen LogP contribution is 2.15. The molecule has 0 aromatic carbocycles.